The number of sulfonamides is 1. The first-order valence-electron chi connectivity index (χ1n) is 6.12. The van der Waals surface area contributed by atoms with Gasteiger partial charge in [-0.2, -0.15) is 0 Å². The predicted molar refractivity (Wildman–Crippen MR) is 79.1 cm³/mol. The van der Waals surface area contributed by atoms with Crippen LogP contribution in [-0.4, -0.2) is 31.0 Å². The molecule has 112 valence electrons. The minimum Gasteiger partial charge on any atom is -0.477 e. The van der Waals surface area contributed by atoms with E-state index in [1.165, 1.54) is 6.07 Å². The van der Waals surface area contributed by atoms with Gasteiger partial charge in [-0.15, -0.1) is 11.3 Å². The standard InChI is InChI=1S/C13H14N2O4S2/c1-9-12(8-11(20-9)13(16)17)21(18,19)15-7-4-10-2-5-14-6-3-10/h2-3,5-6,8,15H,4,7H2,1H3,(H,16,17). The molecule has 6 nitrogen and oxygen atoms in total. The van der Waals surface area contributed by atoms with E-state index in [0.29, 0.717) is 11.3 Å². The third-order valence-electron chi connectivity index (χ3n) is 2.83. The van der Waals surface area contributed by atoms with Crippen molar-refractivity contribution in [1.29, 1.82) is 0 Å². The number of carbonyl (C=O) groups is 1. The van der Waals surface area contributed by atoms with E-state index >= 15 is 0 Å². The Hall–Kier alpha value is -1.77. The summed E-state index contributed by atoms with van der Waals surface area (Å²) in [5, 5.41) is 8.90. The summed E-state index contributed by atoms with van der Waals surface area (Å²) in [6.45, 7) is 1.83. The van der Waals surface area contributed by atoms with Crippen LogP contribution in [0.2, 0.25) is 0 Å². The second kappa shape index (κ2) is 6.33. The molecule has 0 saturated heterocycles. The van der Waals surface area contributed by atoms with Gasteiger partial charge >= 0.3 is 5.97 Å². The Balaban J connectivity index is 2.07. The van der Waals surface area contributed by atoms with E-state index < -0.39 is 16.0 Å². The van der Waals surface area contributed by atoms with Crippen molar-refractivity contribution in [3.8, 4) is 0 Å². The second-order valence-electron chi connectivity index (χ2n) is 4.34. The van der Waals surface area contributed by atoms with Crippen LogP contribution in [0.4, 0.5) is 0 Å². The molecule has 0 aliphatic rings. The number of carboxylic acids is 1. The predicted octanol–water partition coefficient (Wildman–Crippen LogP) is 1.67. The molecule has 0 atom stereocenters. The van der Waals surface area contributed by atoms with Crippen molar-refractivity contribution < 1.29 is 18.3 Å². The van der Waals surface area contributed by atoms with Crippen LogP contribution < -0.4 is 4.72 Å². The average Bonchev–Trinajstić information content (AvgIpc) is 2.83. The lowest BCUT2D eigenvalue weighted by molar-refractivity contribution is 0.0702. The third-order valence-corrected chi connectivity index (χ3v) is 5.58. The first-order valence-corrected chi connectivity index (χ1v) is 8.42. The van der Waals surface area contributed by atoms with Gasteiger partial charge in [-0.05, 0) is 37.1 Å². The van der Waals surface area contributed by atoms with Gasteiger partial charge in [0, 0.05) is 23.8 Å². The minimum atomic E-state index is -3.69. The highest BCUT2D eigenvalue weighted by Crippen LogP contribution is 2.25. The average molecular weight is 326 g/mol. The topological polar surface area (TPSA) is 96.4 Å². The van der Waals surface area contributed by atoms with E-state index in [4.69, 9.17) is 5.11 Å². The van der Waals surface area contributed by atoms with Crippen LogP contribution in [-0.2, 0) is 16.4 Å². The van der Waals surface area contributed by atoms with E-state index in [-0.39, 0.29) is 16.3 Å². The molecule has 0 saturated carbocycles. The molecular weight excluding hydrogens is 312 g/mol. The van der Waals surface area contributed by atoms with E-state index in [1.54, 1.807) is 19.3 Å². The van der Waals surface area contributed by atoms with Crippen LogP contribution >= 0.6 is 11.3 Å². The zero-order valence-electron chi connectivity index (χ0n) is 11.2. The van der Waals surface area contributed by atoms with Crippen molar-refractivity contribution in [3.05, 3.63) is 45.9 Å². The zero-order valence-corrected chi connectivity index (χ0v) is 12.9. The summed E-state index contributed by atoms with van der Waals surface area (Å²) in [7, 11) is -3.69. The fourth-order valence-electron chi connectivity index (χ4n) is 1.79. The summed E-state index contributed by atoms with van der Waals surface area (Å²) in [5.41, 5.74) is 0.973. The summed E-state index contributed by atoms with van der Waals surface area (Å²) in [4.78, 5) is 15.3. The maximum atomic E-state index is 12.2. The summed E-state index contributed by atoms with van der Waals surface area (Å²) >= 11 is 0.952. The second-order valence-corrected chi connectivity index (χ2v) is 7.33. The third kappa shape index (κ3) is 3.87. The number of aromatic nitrogens is 1. The number of pyridine rings is 1. The van der Waals surface area contributed by atoms with Gasteiger partial charge in [-0.3, -0.25) is 4.98 Å². The Morgan fingerprint density at radius 1 is 1.38 bits per heavy atom. The smallest absolute Gasteiger partial charge is 0.345 e. The number of nitrogens with zero attached hydrogens (tertiary/aromatic N) is 1. The number of hydrogen-bond acceptors (Lipinski definition) is 5. The van der Waals surface area contributed by atoms with Crippen molar-refractivity contribution in [2.45, 2.75) is 18.2 Å². The van der Waals surface area contributed by atoms with Crippen LogP contribution in [0.3, 0.4) is 0 Å². The van der Waals surface area contributed by atoms with Gasteiger partial charge < -0.3 is 5.11 Å². The number of carboxylic acid groups (broad SMARTS) is 1. The minimum absolute atomic E-state index is 0.0157. The maximum Gasteiger partial charge on any atom is 0.345 e. The SMILES string of the molecule is Cc1sc(C(=O)O)cc1S(=O)(=O)NCCc1ccncc1. The molecule has 2 aromatic heterocycles. The molecule has 8 heteroatoms. The molecule has 0 unspecified atom stereocenters. The van der Waals surface area contributed by atoms with E-state index in [0.717, 1.165) is 16.9 Å². The Bertz CT molecular complexity index is 739. The normalized spacial score (nSPS) is 11.5. The quantitative estimate of drug-likeness (QED) is 0.842. The lowest BCUT2D eigenvalue weighted by Crippen LogP contribution is -2.26. The summed E-state index contributed by atoms with van der Waals surface area (Å²) in [5.74, 6) is -1.12. The van der Waals surface area contributed by atoms with Gasteiger partial charge in [0.15, 0.2) is 0 Å². The van der Waals surface area contributed by atoms with E-state index in [2.05, 4.69) is 9.71 Å². The van der Waals surface area contributed by atoms with Gasteiger partial charge in [0.2, 0.25) is 10.0 Å². The first kappa shape index (κ1) is 15.6. The highest BCUT2D eigenvalue weighted by atomic mass is 32.2. The summed E-state index contributed by atoms with van der Waals surface area (Å²) in [6.07, 6.45) is 3.83. The number of nitrogens with one attached hydrogen (secondary N) is 1. The number of aryl methyl sites for hydroxylation is 1. The van der Waals surface area contributed by atoms with Crippen molar-refractivity contribution in [2.75, 3.05) is 6.54 Å². The van der Waals surface area contributed by atoms with Crippen LogP contribution in [0, 0.1) is 6.92 Å². The number of hydrogen-bond donors (Lipinski definition) is 2. The molecule has 21 heavy (non-hydrogen) atoms. The van der Waals surface area contributed by atoms with Crippen LogP contribution in [0.25, 0.3) is 0 Å². The fourth-order valence-corrected chi connectivity index (χ4v) is 4.25. The molecule has 2 rings (SSSR count). The highest BCUT2D eigenvalue weighted by Gasteiger charge is 2.21. The fraction of sp³-hybridized carbons (Fsp3) is 0.231. The lowest BCUT2D eigenvalue weighted by Gasteiger charge is -2.06. The van der Waals surface area contributed by atoms with Crippen LogP contribution in [0.15, 0.2) is 35.5 Å². The molecular formula is C13H14N2O4S2. The molecule has 2 heterocycles. The van der Waals surface area contributed by atoms with Gasteiger partial charge in [-0.1, -0.05) is 0 Å². The van der Waals surface area contributed by atoms with Crippen LogP contribution in [0.1, 0.15) is 20.1 Å². The maximum absolute atomic E-state index is 12.2. The molecule has 0 amide bonds. The Labute approximate surface area is 126 Å². The van der Waals surface area contributed by atoms with Crippen molar-refractivity contribution in [1.82, 2.24) is 9.71 Å². The molecule has 0 radical (unpaired) electrons. The zero-order chi connectivity index (χ0) is 15.5. The van der Waals surface area contributed by atoms with Gasteiger partial charge in [-0.25, -0.2) is 17.9 Å². The van der Waals surface area contributed by atoms with Crippen molar-refractivity contribution >= 4 is 27.3 Å². The molecule has 0 spiro atoms. The number of aromatic carboxylic acids is 1. The van der Waals surface area contributed by atoms with Gasteiger partial charge in [0.1, 0.15) is 4.88 Å². The Morgan fingerprint density at radius 2 is 2.05 bits per heavy atom. The Kier molecular flexibility index (Phi) is 4.71. The van der Waals surface area contributed by atoms with E-state index in [9.17, 15) is 13.2 Å². The van der Waals surface area contributed by atoms with Crippen molar-refractivity contribution in [3.63, 3.8) is 0 Å². The molecule has 2 N–H and O–H groups in total. The van der Waals surface area contributed by atoms with Crippen LogP contribution in [0.5, 0.6) is 0 Å². The van der Waals surface area contributed by atoms with Gasteiger partial charge in [0.05, 0.1) is 4.90 Å². The highest BCUT2D eigenvalue weighted by molar-refractivity contribution is 7.89. The summed E-state index contributed by atoms with van der Waals surface area (Å²) < 4.78 is 26.8. The number of rotatable bonds is 6. The monoisotopic (exact) mass is 326 g/mol. The molecule has 0 fully saturated rings. The molecule has 0 aliphatic heterocycles. The molecule has 2 aromatic rings. The summed E-state index contributed by atoms with van der Waals surface area (Å²) in [6, 6.07) is 4.82. The van der Waals surface area contributed by atoms with E-state index in [1.807, 2.05) is 12.1 Å². The molecule has 0 bridgehead atoms. The van der Waals surface area contributed by atoms with Crippen molar-refractivity contribution in [2.24, 2.45) is 0 Å². The first-order chi connectivity index (χ1) is 9.90. The lowest BCUT2D eigenvalue weighted by atomic mass is 10.2. The number of thiophene rings is 1. The molecule has 0 aliphatic carbocycles. The largest absolute Gasteiger partial charge is 0.477 e. The van der Waals surface area contributed by atoms with Gasteiger partial charge in [0.25, 0.3) is 0 Å². The molecule has 0 aromatic carbocycles. The Morgan fingerprint density at radius 3 is 2.62 bits per heavy atom.